The molecule has 0 atom stereocenters. The van der Waals surface area contributed by atoms with Crippen molar-refractivity contribution in [2.24, 2.45) is 0 Å². The maximum absolute atomic E-state index is 10.1. The summed E-state index contributed by atoms with van der Waals surface area (Å²) in [6.45, 7) is 53.5. The van der Waals surface area contributed by atoms with Crippen LogP contribution in [0.3, 0.4) is 0 Å². The van der Waals surface area contributed by atoms with Gasteiger partial charge in [-0.3, -0.25) is 0 Å². The summed E-state index contributed by atoms with van der Waals surface area (Å²) in [5, 5.41) is 2.01. The molecule has 0 aliphatic carbocycles. The Hall–Kier alpha value is -11.7. The van der Waals surface area contributed by atoms with E-state index >= 15 is 0 Å². The molecule has 0 fully saturated rings. The van der Waals surface area contributed by atoms with Gasteiger partial charge in [0, 0.05) is 72.2 Å². The van der Waals surface area contributed by atoms with Crippen molar-refractivity contribution in [1.29, 1.82) is 0 Å². The van der Waals surface area contributed by atoms with Crippen LogP contribution in [0.25, 0.3) is 111 Å². The molecule has 0 bridgehead atoms. The molecule has 16 aromatic rings. The third kappa shape index (κ3) is 13.9. The Morgan fingerprint density at radius 1 is 0.248 bits per heavy atom. The molecule has 0 saturated carbocycles. The standard InChI is InChI=1S/C116H119BN4/c1-109(2,3)76-53-50-73(51-54-76)83-42-34-45-89(105-92(114(16,17)18)46-35-47-93(105)115(19,20)21)108(83)120-101-65-74(72-36-26-25-27-37-72)52-60-95(101)117-96-61-58-81(118-97-48-30-28-40-86(97)87-41-29-31-49-98(87)118)69-102(96)121(104-71-82(70-103(120)106(104)117)119-99-62-56-78(111(7,8)9)66-90(99)91-67-79(112(10,11)12)57-63-100(91)119)107-84(75-38-32-39-77(64-75)110(4,5)6)43-33-44-88(107)85-59-55-80(113(13,14)15)68-94(85)116(22,23)24/h25-71H,1-24H3/i25D,26D,27D,28D,29D,30D,31D,36D,37D,40D,41D,48D,49D. The van der Waals surface area contributed by atoms with E-state index in [9.17, 15) is 16.4 Å². The smallest absolute Gasteiger partial charge is 0.252 e. The summed E-state index contributed by atoms with van der Waals surface area (Å²) in [6.07, 6.45) is 0. The Bertz CT molecular complexity index is 7470. The molecule has 0 amide bonds. The Labute approximate surface area is 739 Å². The first kappa shape index (κ1) is 66.1. The number of nitrogens with zero attached hydrogens (tertiary/aromatic N) is 4. The second kappa shape index (κ2) is 28.5. The number of rotatable bonds is 9. The zero-order valence-corrected chi connectivity index (χ0v) is 75.0. The molecular weight excluding hydrogens is 1460 g/mol. The van der Waals surface area contributed by atoms with Crippen LogP contribution in [0.4, 0.5) is 34.1 Å². The fourth-order valence-electron chi connectivity index (χ4n) is 18.9. The molecule has 0 unspecified atom stereocenters. The lowest BCUT2D eigenvalue weighted by molar-refractivity contribution is 0.569. The molecule has 2 aliphatic heterocycles. The van der Waals surface area contributed by atoms with Crippen molar-refractivity contribution in [3.63, 3.8) is 0 Å². The minimum absolute atomic E-state index is 0.0275. The fourth-order valence-corrected chi connectivity index (χ4v) is 18.9. The topological polar surface area (TPSA) is 16.3 Å². The van der Waals surface area contributed by atoms with Crippen LogP contribution >= 0.6 is 0 Å². The van der Waals surface area contributed by atoms with Crippen molar-refractivity contribution >= 4 is 101 Å². The maximum Gasteiger partial charge on any atom is 0.252 e. The Balaban J connectivity index is 1.14. The van der Waals surface area contributed by atoms with Crippen LogP contribution in [0, 0.1) is 0 Å². The van der Waals surface area contributed by atoms with E-state index < -0.39 is 89.4 Å². The second-order valence-electron chi connectivity index (χ2n) is 42.2. The lowest BCUT2D eigenvalue weighted by atomic mass is 9.33. The lowest BCUT2D eigenvalue weighted by Crippen LogP contribution is -2.61. The third-order valence-corrected chi connectivity index (χ3v) is 25.4. The number of hydrogen-bond donors (Lipinski definition) is 0. The average molecular weight is 1590 g/mol. The lowest BCUT2D eigenvalue weighted by Gasteiger charge is -2.46. The van der Waals surface area contributed by atoms with E-state index in [4.69, 9.17) is 1.37 Å². The van der Waals surface area contributed by atoms with E-state index in [0.717, 1.165) is 156 Å². The van der Waals surface area contributed by atoms with Crippen LogP contribution in [0.15, 0.2) is 285 Å². The summed E-state index contributed by atoms with van der Waals surface area (Å²) in [5.41, 5.74) is 24.1. The van der Waals surface area contributed by atoms with Crippen molar-refractivity contribution in [2.45, 2.75) is 209 Å². The van der Waals surface area contributed by atoms with Crippen LogP contribution in [-0.2, 0) is 43.3 Å². The van der Waals surface area contributed by atoms with Crippen molar-refractivity contribution in [3.8, 4) is 67.0 Å². The molecule has 0 saturated heterocycles. The Morgan fingerprint density at radius 2 is 0.661 bits per heavy atom. The van der Waals surface area contributed by atoms with Gasteiger partial charge in [-0.25, -0.2) is 0 Å². The molecule has 5 heteroatoms. The molecule has 14 aromatic carbocycles. The van der Waals surface area contributed by atoms with E-state index in [0.29, 0.717) is 22.6 Å². The highest BCUT2D eigenvalue weighted by Gasteiger charge is 2.47. The van der Waals surface area contributed by atoms with Crippen molar-refractivity contribution in [3.05, 3.63) is 329 Å². The zero-order chi connectivity index (χ0) is 96.8. The predicted octanol–water partition coefficient (Wildman–Crippen LogP) is 30.7. The molecule has 0 N–H and O–H groups in total. The number of benzene rings is 14. The average Bonchev–Trinajstić information content (AvgIpc) is 0.948. The van der Waals surface area contributed by atoms with Crippen LogP contribution in [0.5, 0.6) is 0 Å². The number of anilines is 6. The van der Waals surface area contributed by atoms with Gasteiger partial charge < -0.3 is 18.9 Å². The van der Waals surface area contributed by atoms with Crippen molar-refractivity contribution < 1.29 is 17.8 Å². The van der Waals surface area contributed by atoms with Gasteiger partial charge in [-0.05, 0) is 204 Å². The Morgan fingerprint density at radius 3 is 1.20 bits per heavy atom. The monoisotopic (exact) mass is 1590 g/mol. The summed E-state index contributed by atoms with van der Waals surface area (Å²) in [6, 6.07) is 69.6. The zero-order valence-electron chi connectivity index (χ0n) is 88.0. The second-order valence-corrected chi connectivity index (χ2v) is 42.2. The van der Waals surface area contributed by atoms with Gasteiger partial charge in [0.2, 0.25) is 0 Å². The van der Waals surface area contributed by atoms with E-state index in [2.05, 4.69) is 375 Å². The van der Waals surface area contributed by atoms with Gasteiger partial charge in [-0.1, -0.05) is 384 Å². The first-order valence-electron chi connectivity index (χ1n) is 49.5. The quantitative estimate of drug-likeness (QED) is 0.134. The molecule has 606 valence electrons. The van der Waals surface area contributed by atoms with Gasteiger partial charge in [0.25, 0.3) is 6.71 Å². The molecule has 4 nitrogen and oxygen atoms in total. The number of aromatic nitrogens is 2. The summed E-state index contributed by atoms with van der Waals surface area (Å²) < 4.78 is 130. The van der Waals surface area contributed by atoms with Crippen molar-refractivity contribution in [1.82, 2.24) is 9.13 Å². The van der Waals surface area contributed by atoms with Crippen LogP contribution < -0.4 is 26.2 Å². The number of fused-ring (bicyclic) bond motifs is 10. The minimum Gasteiger partial charge on any atom is -0.310 e. The first-order valence-corrected chi connectivity index (χ1v) is 43.0. The Kier molecular flexibility index (Phi) is 15.6. The van der Waals surface area contributed by atoms with Crippen LogP contribution in [0.1, 0.15) is 228 Å². The number of hydrogen-bond acceptors (Lipinski definition) is 2. The third-order valence-electron chi connectivity index (χ3n) is 25.4. The highest BCUT2D eigenvalue weighted by molar-refractivity contribution is 7.00. The maximum atomic E-state index is 10.1. The summed E-state index contributed by atoms with van der Waals surface area (Å²) in [7, 11) is 0. The minimum atomic E-state index is -0.783. The number of para-hydroxylation sites is 4. The molecule has 121 heavy (non-hydrogen) atoms. The van der Waals surface area contributed by atoms with Gasteiger partial charge in [0.05, 0.1) is 56.9 Å². The van der Waals surface area contributed by atoms with Gasteiger partial charge in [-0.15, -0.1) is 0 Å². The highest BCUT2D eigenvalue weighted by atomic mass is 15.2. The van der Waals surface area contributed by atoms with E-state index in [-0.39, 0.29) is 66.5 Å². The van der Waals surface area contributed by atoms with E-state index in [1.165, 1.54) is 0 Å². The summed E-state index contributed by atoms with van der Waals surface area (Å²) in [5.74, 6) is 0. The predicted molar refractivity (Wildman–Crippen MR) is 526 cm³/mol. The van der Waals surface area contributed by atoms with E-state index in [1.807, 2.05) is 12.1 Å². The van der Waals surface area contributed by atoms with Gasteiger partial charge in [0.15, 0.2) is 0 Å². The molecular formula is C116H119BN4. The molecule has 2 aromatic heterocycles. The molecule has 0 radical (unpaired) electrons. The fraction of sp³-hybridized carbons (Fsp3) is 0.276. The molecule has 2 aliphatic rings. The molecule has 0 spiro atoms. The molecule has 4 heterocycles. The van der Waals surface area contributed by atoms with E-state index in [1.54, 1.807) is 4.57 Å². The van der Waals surface area contributed by atoms with Gasteiger partial charge in [0.1, 0.15) is 0 Å². The normalized spacial score (nSPS) is 15.1. The highest BCUT2D eigenvalue weighted by Crippen LogP contribution is 2.57. The van der Waals surface area contributed by atoms with Crippen LogP contribution in [-0.4, -0.2) is 15.8 Å². The van der Waals surface area contributed by atoms with Crippen molar-refractivity contribution in [2.75, 3.05) is 9.80 Å². The van der Waals surface area contributed by atoms with Gasteiger partial charge in [-0.2, -0.15) is 0 Å². The van der Waals surface area contributed by atoms with Gasteiger partial charge >= 0.3 is 0 Å². The summed E-state index contributed by atoms with van der Waals surface area (Å²) in [4.78, 5) is 4.91. The largest absolute Gasteiger partial charge is 0.310 e. The SMILES string of the molecule is [2H]c1c([2H])c([2H])c(-c2ccc3c(c2)N(c2c(-c4ccc(C(C)(C)C)cc4)cccc2-c2c(C(C)(C)C)cccc2C(C)(C)C)c2cc(-n4c5ccc(C(C)(C)C)cc5c5cc(C(C)(C)C)ccc54)cc4c2B3c2ccc(-n3c5c([2H])c([2H])c([2H])c([2H])c5c5c([2H])c([2H])c([2H])c([2H])c53)cc2N4c2c(-c3cccc(C(C)(C)C)c3)cccc2-c2ccc(C(C)(C)C)cc2C(C)(C)C)c([2H])c1[2H]. The molecule has 18 rings (SSSR count). The van der Waals surface area contributed by atoms with Crippen LogP contribution in [0.2, 0.25) is 0 Å². The summed E-state index contributed by atoms with van der Waals surface area (Å²) >= 11 is 0. The first-order chi connectivity index (χ1) is 62.5.